The lowest BCUT2D eigenvalue weighted by atomic mass is 9.95. The zero-order valence-corrected chi connectivity index (χ0v) is 10.6. The largest absolute Gasteiger partial charge is 0.335 e. The number of hydrogen-bond acceptors (Lipinski definition) is 2. The summed E-state index contributed by atoms with van der Waals surface area (Å²) in [4.78, 5) is 11.4. The van der Waals surface area contributed by atoms with E-state index < -0.39 is 0 Å². The predicted molar refractivity (Wildman–Crippen MR) is 69.5 cm³/mol. The molecule has 0 aromatic carbocycles. The van der Waals surface area contributed by atoms with Crippen molar-refractivity contribution in [2.24, 2.45) is 0 Å². The van der Waals surface area contributed by atoms with Gasteiger partial charge in [-0.2, -0.15) is 11.8 Å². The summed E-state index contributed by atoms with van der Waals surface area (Å²) < 4.78 is 0. The summed E-state index contributed by atoms with van der Waals surface area (Å²) in [7, 11) is 0. The monoisotopic (exact) mass is 240 g/mol. The van der Waals surface area contributed by atoms with Crippen LogP contribution in [0.2, 0.25) is 0 Å². The molecule has 0 aromatic rings. The second kappa shape index (κ2) is 7.45. The fourth-order valence-corrected chi connectivity index (χ4v) is 3.20. The van der Waals surface area contributed by atoms with Crippen molar-refractivity contribution < 1.29 is 4.79 Å². The van der Waals surface area contributed by atoms with Crippen molar-refractivity contribution in [1.29, 1.82) is 0 Å². The summed E-state index contributed by atoms with van der Waals surface area (Å²) in [5.41, 5.74) is 0. The Morgan fingerprint density at radius 3 is 3.06 bits per heavy atom. The number of terminal acetylenes is 1. The number of carbonyl (C=O) groups excluding carboxylic acids is 1. The van der Waals surface area contributed by atoms with Crippen molar-refractivity contribution >= 4 is 17.8 Å². The first kappa shape index (κ1) is 13.2. The van der Waals surface area contributed by atoms with E-state index in [1.807, 2.05) is 11.8 Å². The van der Waals surface area contributed by atoms with Crippen molar-refractivity contribution in [3.05, 3.63) is 0 Å². The molecule has 0 saturated heterocycles. The van der Waals surface area contributed by atoms with Crippen LogP contribution in [0.3, 0.4) is 0 Å². The van der Waals surface area contributed by atoms with E-state index in [4.69, 9.17) is 6.42 Å². The molecule has 2 atom stereocenters. The van der Waals surface area contributed by atoms with Gasteiger partial charge in [-0.1, -0.05) is 19.3 Å². The third-order valence-corrected chi connectivity index (χ3v) is 3.95. The molecule has 1 saturated carbocycles. The minimum Gasteiger partial charge on any atom is -0.335 e. The van der Waals surface area contributed by atoms with Crippen molar-refractivity contribution in [3.8, 4) is 12.3 Å². The molecule has 2 amide bonds. The smallest absolute Gasteiger partial charge is 0.315 e. The van der Waals surface area contributed by atoms with Crippen molar-refractivity contribution in [2.45, 2.75) is 43.9 Å². The number of urea groups is 1. The summed E-state index contributed by atoms with van der Waals surface area (Å²) in [5, 5.41) is 6.32. The lowest BCUT2D eigenvalue weighted by Crippen LogP contribution is -2.44. The molecule has 90 valence electrons. The molecule has 1 aliphatic rings. The summed E-state index contributed by atoms with van der Waals surface area (Å²) in [5.74, 6) is 3.54. The second-order valence-electron chi connectivity index (χ2n) is 3.97. The number of hydrogen-bond donors (Lipinski definition) is 2. The molecule has 2 N–H and O–H groups in total. The zero-order chi connectivity index (χ0) is 11.8. The lowest BCUT2D eigenvalue weighted by molar-refractivity contribution is 0.234. The van der Waals surface area contributed by atoms with Gasteiger partial charge in [-0.15, -0.1) is 6.42 Å². The van der Waals surface area contributed by atoms with Crippen molar-refractivity contribution in [2.75, 3.05) is 12.3 Å². The van der Waals surface area contributed by atoms with Gasteiger partial charge in [-0.05, 0) is 25.0 Å². The zero-order valence-electron chi connectivity index (χ0n) is 9.79. The van der Waals surface area contributed by atoms with E-state index in [0.29, 0.717) is 17.8 Å². The highest BCUT2D eigenvalue weighted by Crippen LogP contribution is 2.28. The van der Waals surface area contributed by atoms with E-state index in [0.717, 1.165) is 18.6 Å². The third kappa shape index (κ3) is 4.80. The standard InChI is InChI=1S/C12H20N2OS/c1-3-8-13-12(15)14-10-6-5-7-11(9-10)16-4-2/h1,10-11H,4-9H2,2H3,(H2,13,14,15). The Hall–Kier alpha value is -0.820. The molecule has 0 spiro atoms. The molecule has 0 aliphatic heterocycles. The van der Waals surface area contributed by atoms with E-state index in [1.165, 1.54) is 12.8 Å². The average molecular weight is 240 g/mol. The van der Waals surface area contributed by atoms with Gasteiger partial charge in [0.2, 0.25) is 0 Å². The maximum absolute atomic E-state index is 11.4. The van der Waals surface area contributed by atoms with Gasteiger partial charge in [-0.25, -0.2) is 4.79 Å². The molecule has 4 heteroatoms. The van der Waals surface area contributed by atoms with Gasteiger partial charge in [0, 0.05) is 11.3 Å². The van der Waals surface area contributed by atoms with Crippen LogP contribution in [0.25, 0.3) is 0 Å². The normalized spacial score (nSPS) is 24.5. The maximum Gasteiger partial charge on any atom is 0.315 e. The second-order valence-corrected chi connectivity index (χ2v) is 5.55. The number of thioether (sulfide) groups is 1. The molecular weight excluding hydrogens is 220 g/mol. The summed E-state index contributed by atoms with van der Waals surface area (Å²) in [6, 6.07) is 0.181. The quantitative estimate of drug-likeness (QED) is 0.738. The molecule has 1 fully saturated rings. The molecule has 0 aromatic heterocycles. The SMILES string of the molecule is C#CCNC(=O)NC1CCCC(SCC)C1. The Kier molecular flexibility index (Phi) is 6.17. The Morgan fingerprint density at radius 1 is 1.56 bits per heavy atom. The van der Waals surface area contributed by atoms with Crippen molar-refractivity contribution in [3.63, 3.8) is 0 Å². The lowest BCUT2D eigenvalue weighted by Gasteiger charge is -2.29. The van der Waals surface area contributed by atoms with E-state index in [1.54, 1.807) is 0 Å². The fraction of sp³-hybridized carbons (Fsp3) is 0.750. The van der Waals surface area contributed by atoms with Crippen molar-refractivity contribution in [1.82, 2.24) is 10.6 Å². The van der Waals surface area contributed by atoms with Gasteiger partial charge >= 0.3 is 6.03 Å². The van der Waals surface area contributed by atoms with Gasteiger partial charge in [0.25, 0.3) is 0 Å². The molecule has 16 heavy (non-hydrogen) atoms. The predicted octanol–water partition coefficient (Wildman–Crippen LogP) is 1.98. The van der Waals surface area contributed by atoms with Crippen LogP contribution in [0.4, 0.5) is 4.79 Å². The topological polar surface area (TPSA) is 41.1 Å². The minimum absolute atomic E-state index is 0.134. The number of amides is 2. The highest BCUT2D eigenvalue weighted by atomic mass is 32.2. The summed E-state index contributed by atoms with van der Waals surface area (Å²) >= 11 is 2.00. The van der Waals surface area contributed by atoms with Gasteiger partial charge in [0.15, 0.2) is 0 Å². The van der Waals surface area contributed by atoms with Crippen LogP contribution in [0.5, 0.6) is 0 Å². The van der Waals surface area contributed by atoms with Crippen LogP contribution in [-0.4, -0.2) is 29.6 Å². The van der Waals surface area contributed by atoms with Gasteiger partial charge in [0.1, 0.15) is 0 Å². The highest BCUT2D eigenvalue weighted by molar-refractivity contribution is 7.99. The van der Waals surface area contributed by atoms with Crippen LogP contribution in [-0.2, 0) is 0 Å². The van der Waals surface area contributed by atoms with Crippen LogP contribution >= 0.6 is 11.8 Å². The Balaban J connectivity index is 2.26. The number of carbonyl (C=O) groups is 1. The Bertz CT molecular complexity index is 260. The van der Waals surface area contributed by atoms with E-state index in [-0.39, 0.29) is 6.03 Å². The molecule has 0 heterocycles. The molecule has 0 radical (unpaired) electrons. The Labute approximate surface area is 102 Å². The first-order valence-corrected chi connectivity index (χ1v) is 6.90. The van der Waals surface area contributed by atoms with Crippen LogP contribution in [0.15, 0.2) is 0 Å². The van der Waals surface area contributed by atoms with Gasteiger partial charge in [-0.3, -0.25) is 0 Å². The van der Waals surface area contributed by atoms with Crippen LogP contribution in [0, 0.1) is 12.3 Å². The average Bonchev–Trinajstić information content (AvgIpc) is 2.27. The number of rotatable bonds is 4. The third-order valence-electron chi connectivity index (χ3n) is 2.71. The Morgan fingerprint density at radius 2 is 2.38 bits per heavy atom. The van der Waals surface area contributed by atoms with Crippen LogP contribution < -0.4 is 10.6 Å². The van der Waals surface area contributed by atoms with E-state index in [2.05, 4.69) is 23.5 Å². The molecule has 1 rings (SSSR count). The number of nitrogens with one attached hydrogen (secondary N) is 2. The van der Waals surface area contributed by atoms with Gasteiger partial charge < -0.3 is 10.6 Å². The van der Waals surface area contributed by atoms with Gasteiger partial charge in [0.05, 0.1) is 6.54 Å². The molecule has 1 aliphatic carbocycles. The molecule has 2 unspecified atom stereocenters. The van der Waals surface area contributed by atoms with Crippen LogP contribution in [0.1, 0.15) is 32.6 Å². The fourth-order valence-electron chi connectivity index (χ4n) is 2.03. The van der Waals surface area contributed by atoms with E-state index in [9.17, 15) is 4.79 Å². The maximum atomic E-state index is 11.4. The first-order chi connectivity index (χ1) is 7.76. The molecule has 3 nitrogen and oxygen atoms in total. The minimum atomic E-state index is -0.134. The molecule has 0 bridgehead atoms. The molecular formula is C12H20N2OS. The summed E-state index contributed by atoms with van der Waals surface area (Å²) in [6.07, 6.45) is 9.74. The first-order valence-electron chi connectivity index (χ1n) is 5.85. The highest BCUT2D eigenvalue weighted by Gasteiger charge is 2.22. The summed E-state index contributed by atoms with van der Waals surface area (Å²) in [6.45, 7) is 2.48. The van der Waals surface area contributed by atoms with E-state index >= 15 is 0 Å².